The molecule has 2 rings (SSSR count). The number of aliphatic hydroxyl groups excluding tert-OH is 1. The highest BCUT2D eigenvalue weighted by molar-refractivity contribution is 5.06. The predicted octanol–water partition coefficient (Wildman–Crippen LogP) is 1.62. The number of aromatic nitrogens is 2. The molecule has 0 amide bonds. The van der Waals surface area contributed by atoms with E-state index in [2.05, 4.69) is 23.4 Å². The predicted molar refractivity (Wildman–Crippen MR) is 67.6 cm³/mol. The van der Waals surface area contributed by atoms with Crippen LogP contribution in [0.3, 0.4) is 0 Å². The van der Waals surface area contributed by atoms with Gasteiger partial charge in [-0.05, 0) is 31.7 Å². The van der Waals surface area contributed by atoms with Gasteiger partial charge < -0.3 is 10.4 Å². The van der Waals surface area contributed by atoms with E-state index in [-0.39, 0.29) is 0 Å². The molecule has 1 aromatic rings. The van der Waals surface area contributed by atoms with Crippen molar-refractivity contribution in [1.29, 1.82) is 0 Å². The molecule has 0 spiro atoms. The van der Waals surface area contributed by atoms with E-state index in [4.69, 9.17) is 0 Å². The lowest BCUT2D eigenvalue weighted by Gasteiger charge is -2.33. The molecule has 0 saturated heterocycles. The second kappa shape index (κ2) is 5.65. The summed E-state index contributed by atoms with van der Waals surface area (Å²) in [6, 6.07) is 2.78. The van der Waals surface area contributed by atoms with E-state index in [1.165, 1.54) is 25.0 Å². The molecule has 1 aliphatic carbocycles. The summed E-state index contributed by atoms with van der Waals surface area (Å²) in [6.45, 7) is 2.47. The van der Waals surface area contributed by atoms with E-state index >= 15 is 0 Å². The molecule has 2 N–H and O–H groups in total. The molecule has 4 heteroatoms. The summed E-state index contributed by atoms with van der Waals surface area (Å²) in [5.74, 6) is 0.416. The van der Waals surface area contributed by atoms with Crippen LogP contribution in [0, 0.1) is 5.92 Å². The molecule has 1 saturated carbocycles. The van der Waals surface area contributed by atoms with E-state index < -0.39 is 0 Å². The molecule has 0 aliphatic heterocycles. The van der Waals surface area contributed by atoms with Crippen molar-refractivity contribution in [2.75, 3.05) is 6.61 Å². The van der Waals surface area contributed by atoms with Crippen LogP contribution in [0.2, 0.25) is 0 Å². The molecule has 3 unspecified atom stereocenters. The fourth-order valence-electron chi connectivity index (χ4n) is 2.86. The third kappa shape index (κ3) is 2.87. The Morgan fingerprint density at radius 2 is 2.29 bits per heavy atom. The number of hydrogen-bond acceptors (Lipinski definition) is 3. The smallest absolute Gasteiger partial charge is 0.0547 e. The number of hydrogen-bond donors (Lipinski definition) is 2. The van der Waals surface area contributed by atoms with Crippen LogP contribution in [0.25, 0.3) is 0 Å². The van der Waals surface area contributed by atoms with Crippen LogP contribution >= 0.6 is 0 Å². The zero-order valence-electron chi connectivity index (χ0n) is 10.8. The number of nitrogens with zero attached hydrogens (tertiary/aromatic N) is 2. The van der Waals surface area contributed by atoms with Crippen molar-refractivity contribution >= 4 is 0 Å². The van der Waals surface area contributed by atoms with Gasteiger partial charge in [-0.25, -0.2) is 0 Å². The second-order valence-electron chi connectivity index (χ2n) is 5.10. The molecule has 1 fully saturated rings. The van der Waals surface area contributed by atoms with Crippen molar-refractivity contribution in [2.24, 2.45) is 13.0 Å². The van der Waals surface area contributed by atoms with Gasteiger partial charge >= 0.3 is 0 Å². The Kier molecular flexibility index (Phi) is 4.18. The van der Waals surface area contributed by atoms with Crippen LogP contribution in [-0.4, -0.2) is 27.5 Å². The van der Waals surface area contributed by atoms with E-state index in [0.29, 0.717) is 24.6 Å². The fourth-order valence-corrected chi connectivity index (χ4v) is 2.86. The van der Waals surface area contributed by atoms with Gasteiger partial charge in [-0.2, -0.15) is 5.10 Å². The van der Waals surface area contributed by atoms with Gasteiger partial charge in [0.15, 0.2) is 0 Å². The zero-order valence-corrected chi connectivity index (χ0v) is 10.8. The molecule has 96 valence electrons. The minimum Gasteiger partial charge on any atom is -0.396 e. The standard InChI is InChI=1S/C13H23N3O/c1-10(13-7-8-14-16(13)2)15-12-6-4-3-5-11(12)9-17/h7-8,10-12,15,17H,3-6,9H2,1-2H3. The Labute approximate surface area is 103 Å². The van der Waals surface area contributed by atoms with E-state index in [1.807, 2.05) is 17.9 Å². The van der Waals surface area contributed by atoms with Crippen molar-refractivity contribution in [3.8, 4) is 0 Å². The van der Waals surface area contributed by atoms with Crippen molar-refractivity contribution in [2.45, 2.75) is 44.7 Å². The average Bonchev–Trinajstić information content (AvgIpc) is 2.76. The number of rotatable bonds is 4. The lowest BCUT2D eigenvalue weighted by atomic mass is 9.84. The third-order valence-corrected chi connectivity index (χ3v) is 3.91. The van der Waals surface area contributed by atoms with Gasteiger partial charge in [-0.15, -0.1) is 0 Å². The molecule has 3 atom stereocenters. The lowest BCUT2D eigenvalue weighted by molar-refractivity contribution is 0.146. The first-order valence-corrected chi connectivity index (χ1v) is 6.57. The Bertz CT molecular complexity index is 350. The Morgan fingerprint density at radius 3 is 2.94 bits per heavy atom. The lowest BCUT2D eigenvalue weighted by Crippen LogP contribution is -2.41. The first-order chi connectivity index (χ1) is 8.22. The topological polar surface area (TPSA) is 50.1 Å². The van der Waals surface area contributed by atoms with Gasteiger partial charge in [-0.3, -0.25) is 4.68 Å². The van der Waals surface area contributed by atoms with Gasteiger partial charge in [0.1, 0.15) is 0 Å². The third-order valence-electron chi connectivity index (χ3n) is 3.91. The monoisotopic (exact) mass is 237 g/mol. The highest BCUT2D eigenvalue weighted by Crippen LogP contribution is 2.26. The first kappa shape index (κ1) is 12.6. The summed E-state index contributed by atoms with van der Waals surface area (Å²) in [7, 11) is 1.97. The van der Waals surface area contributed by atoms with Gasteiger partial charge in [0.05, 0.1) is 5.69 Å². The first-order valence-electron chi connectivity index (χ1n) is 6.57. The van der Waals surface area contributed by atoms with E-state index in [1.54, 1.807) is 0 Å². The number of aliphatic hydroxyl groups is 1. The zero-order chi connectivity index (χ0) is 12.3. The molecule has 1 aromatic heterocycles. The number of nitrogens with one attached hydrogen (secondary N) is 1. The van der Waals surface area contributed by atoms with Crippen molar-refractivity contribution < 1.29 is 5.11 Å². The van der Waals surface area contributed by atoms with Crippen LogP contribution in [-0.2, 0) is 7.05 Å². The molecule has 1 aliphatic rings. The molecular formula is C13H23N3O. The van der Waals surface area contributed by atoms with Gasteiger partial charge in [0, 0.05) is 31.9 Å². The van der Waals surface area contributed by atoms with Crippen LogP contribution in [0.1, 0.15) is 44.3 Å². The van der Waals surface area contributed by atoms with Gasteiger partial charge in [-0.1, -0.05) is 12.8 Å². The Morgan fingerprint density at radius 1 is 1.53 bits per heavy atom. The maximum Gasteiger partial charge on any atom is 0.0547 e. The molecule has 17 heavy (non-hydrogen) atoms. The summed E-state index contributed by atoms with van der Waals surface area (Å²) in [5.41, 5.74) is 1.20. The second-order valence-corrected chi connectivity index (χ2v) is 5.10. The molecule has 0 aromatic carbocycles. The van der Waals surface area contributed by atoms with Gasteiger partial charge in [0.2, 0.25) is 0 Å². The quantitative estimate of drug-likeness (QED) is 0.836. The minimum atomic E-state index is 0.291. The highest BCUT2D eigenvalue weighted by atomic mass is 16.3. The summed E-state index contributed by atoms with van der Waals surface area (Å²) in [6.07, 6.45) is 6.67. The number of aryl methyl sites for hydroxylation is 1. The van der Waals surface area contributed by atoms with Crippen LogP contribution in [0.4, 0.5) is 0 Å². The molecule has 0 radical (unpaired) electrons. The summed E-state index contributed by atoms with van der Waals surface area (Å²) in [4.78, 5) is 0. The minimum absolute atomic E-state index is 0.291. The SMILES string of the molecule is CC(NC1CCCCC1CO)c1ccnn1C. The van der Waals surface area contributed by atoms with Crippen molar-refractivity contribution in [3.05, 3.63) is 18.0 Å². The van der Waals surface area contributed by atoms with Gasteiger partial charge in [0.25, 0.3) is 0 Å². The van der Waals surface area contributed by atoms with E-state index in [9.17, 15) is 5.11 Å². The Balaban J connectivity index is 1.97. The summed E-state index contributed by atoms with van der Waals surface area (Å²) >= 11 is 0. The molecule has 1 heterocycles. The molecular weight excluding hydrogens is 214 g/mol. The van der Waals surface area contributed by atoms with Crippen LogP contribution < -0.4 is 5.32 Å². The summed E-state index contributed by atoms with van der Waals surface area (Å²) in [5, 5.41) is 17.2. The average molecular weight is 237 g/mol. The molecule has 0 bridgehead atoms. The van der Waals surface area contributed by atoms with Crippen molar-refractivity contribution in [1.82, 2.24) is 15.1 Å². The van der Waals surface area contributed by atoms with Crippen molar-refractivity contribution in [3.63, 3.8) is 0 Å². The summed E-state index contributed by atoms with van der Waals surface area (Å²) < 4.78 is 1.91. The normalized spacial score (nSPS) is 27.0. The fraction of sp³-hybridized carbons (Fsp3) is 0.769. The van der Waals surface area contributed by atoms with E-state index in [0.717, 1.165) is 6.42 Å². The molecule has 4 nitrogen and oxygen atoms in total. The maximum atomic E-state index is 9.40. The van der Waals surface area contributed by atoms with Crippen LogP contribution in [0.15, 0.2) is 12.3 Å². The maximum absolute atomic E-state index is 9.40. The Hall–Kier alpha value is -0.870. The largest absolute Gasteiger partial charge is 0.396 e. The van der Waals surface area contributed by atoms with Crippen LogP contribution in [0.5, 0.6) is 0 Å². The highest BCUT2D eigenvalue weighted by Gasteiger charge is 2.26.